The Hall–Kier alpha value is -3.48. The van der Waals surface area contributed by atoms with Gasteiger partial charge in [0.15, 0.2) is 11.5 Å². The van der Waals surface area contributed by atoms with E-state index in [4.69, 9.17) is 0 Å². The first-order valence-corrected chi connectivity index (χ1v) is 9.32. The highest BCUT2D eigenvalue weighted by Gasteiger charge is 2.23. The zero-order valence-electron chi connectivity index (χ0n) is 15.2. The van der Waals surface area contributed by atoms with Gasteiger partial charge in [-0.25, -0.2) is 4.39 Å². The highest BCUT2D eigenvalue weighted by Crippen LogP contribution is 2.23. The van der Waals surface area contributed by atoms with Crippen molar-refractivity contribution in [2.24, 2.45) is 0 Å². The van der Waals surface area contributed by atoms with Crippen LogP contribution in [0.4, 0.5) is 15.9 Å². The number of rotatable bonds is 4. The second-order valence-corrected chi connectivity index (χ2v) is 6.90. The number of benzene rings is 2. The van der Waals surface area contributed by atoms with Crippen LogP contribution in [0.5, 0.6) is 0 Å². The quantitative estimate of drug-likeness (QED) is 0.591. The molecule has 0 aliphatic carbocycles. The first-order chi connectivity index (χ1) is 13.8. The Bertz CT molecular complexity index is 1110. The van der Waals surface area contributed by atoms with Gasteiger partial charge in [-0.15, -0.1) is 15.3 Å². The number of nitrogens with zero attached hydrogens (tertiary/aromatic N) is 5. The third-order valence-corrected chi connectivity index (χ3v) is 5.04. The van der Waals surface area contributed by atoms with Crippen LogP contribution in [0.15, 0.2) is 66.7 Å². The molecule has 3 heterocycles. The van der Waals surface area contributed by atoms with E-state index in [-0.39, 0.29) is 5.82 Å². The van der Waals surface area contributed by atoms with Crippen molar-refractivity contribution in [1.82, 2.24) is 19.8 Å². The molecule has 0 spiro atoms. The lowest BCUT2D eigenvalue weighted by atomic mass is 10.2. The average molecular weight is 374 g/mol. The molecule has 0 amide bonds. The first kappa shape index (κ1) is 16.7. The number of fused-ring (bicyclic) bond motifs is 1. The summed E-state index contributed by atoms with van der Waals surface area (Å²) in [5, 5.41) is 16.3. The molecule has 1 N–H and O–H groups in total. The minimum absolute atomic E-state index is 0.290. The van der Waals surface area contributed by atoms with Crippen LogP contribution in [0.25, 0.3) is 17.0 Å². The van der Waals surface area contributed by atoms with Crippen molar-refractivity contribution in [3.8, 4) is 11.4 Å². The Labute approximate surface area is 161 Å². The van der Waals surface area contributed by atoms with Crippen molar-refractivity contribution in [3.05, 3.63) is 72.5 Å². The van der Waals surface area contributed by atoms with Crippen LogP contribution in [0, 0.1) is 5.82 Å². The second kappa shape index (κ2) is 6.92. The molecular formula is C21H19FN6. The molecule has 0 bridgehead atoms. The number of anilines is 2. The van der Waals surface area contributed by atoms with Gasteiger partial charge in [0.1, 0.15) is 11.6 Å². The summed E-state index contributed by atoms with van der Waals surface area (Å²) in [5.41, 5.74) is 2.20. The molecular weight excluding hydrogens is 355 g/mol. The third-order valence-electron chi connectivity index (χ3n) is 5.04. The summed E-state index contributed by atoms with van der Waals surface area (Å²) in [6, 6.07) is 21.0. The minimum atomic E-state index is -0.341. The van der Waals surface area contributed by atoms with Gasteiger partial charge in [0.2, 0.25) is 0 Å². The Morgan fingerprint density at radius 1 is 0.929 bits per heavy atom. The van der Waals surface area contributed by atoms with E-state index in [1.54, 1.807) is 22.7 Å². The van der Waals surface area contributed by atoms with E-state index in [0.717, 1.165) is 25.3 Å². The van der Waals surface area contributed by atoms with E-state index in [0.29, 0.717) is 23.1 Å². The molecule has 1 atom stereocenters. The van der Waals surface area contributed by atoms with Gasteiger partial charge in [-0.05, 0) is 42.8 Å². The maximum atomic E-state index is 14.2. The molecule has 2 aromatic heterocycles. The molecule has 6 nitrogen and oxygen atoms in total. The predicted molar refractivity (Wildman–Crippen MR) is 107 cm³/mol. The van der Waals surface area contributed by atoms with E-state index < -0.39 is 0 Å². The van der Waals surface area contributed by atoms with Crippen molar-refractivity contribution in [2.75, 3.05) is 23.3 Å². The van der Waals surface area contributed by atoms with Gasteiger partial charge >= 0.3 is 0 Å². The molecule has 0 radical (unpaired) electrons. The molecule has 2 aromatic carbocycles. The molecule has 1 aliphatic heterocycles. The summed E-state index contributed by atoms with van der Waals surface area (Å²) in [6.07, 6.45) is 1.02. The molecule has 1 aliphatic rings. The SMILES string of the molecule is Fc1ccccc1-c1nnc2ccc(NC3CCN(c4ccccc4)C3)nn12. The number of aromatic nitrogens is 4. The van der Waals surface area contributed by atoms with Gasteiger partial charge in [-0.3, -0.25) is 0 Å². The molecule has 1 saturated heterocycles. The molecule has 28 heavy (non-hydrogen) atoms. The normalized spacial score (nSPS) is 16.6. The van der Waals surface area contributed by atoms with Crippen LogP contribution < -0.4 is 10.2 Å². The van der Waals surface area contributed by atoms with Crippen molar-refractivity contribution < 1.29 is 4.39 Å². The molecule has 4 aromatic rings. The van der Waals surface area contributed by atoms with E-state index >= 15 is 0 Å². The van der Waals surface area contributed by atoms with Gasteiger partial charge in [-0.1, -0.05) is 30.3 Å². The lowest BCUT2D eigenvalue weighted by molar-refractivity contribution is 0.629. The summed E-state index contributed by atoms with van der Waals surface area (Å²) in [5.74, 6) is 0.783. The smallest absolute Gasteiger partial charge is 0.188 e. The highest BCUT2D eigenvalue weighted by atomic mass is 19.1. The van der Waals surface area contributed by atoms with Crippen molar-refractivity contribution in [1.29, 1.82) is 0 Å². The molecule has 1 unspecified atom stereocenters. The Morgan fingerprint density at radius 2 is 1.75 bits per heavy atom. The zero-order chi connectivity index (χ0) is 18.9. The Morgan fingerprint density at radius 3 is 2.61 bits per heavy atom. The van der Waals surface area contributed by atoms with E-state index in [1.165, 1.54) is 11.8 Å². The lowest BCUT2D eigenvalue weighted by Crippen LogP contribution is -2.26. The van der Waals surface area contributed by atoms with Gasteiger partial charge in [0.05, 0.1) is 5.56 Å². The number of para-hydroxylation sites is 1. The summed E-state index contributed by atoms with van der Waals surface area (Å²) in [7, 11) is 0. The van der Waals surface area contributed by atoms with Crippen LogP contribution in [0.3, 0.4) is 0 Å². The topological polar surface area (TPSA) is 58.4 Å². The maximum Gasteiger partial charge on any atom is 0.188 e. The van der Waals surface area contributed by atoms with Gasteiger partial charge in [0.25, 0.3) is 0 Å². The fourth-order valence-electron chi connectivity index (χ4n) is 3.64. The average Bonchev–Trinajstić information content (AvgIpc) is 3.36. The lowest BCUT2D eigenvalue weighted by Gasteiger charge is -2.19. The third kappa shape index (κ3) is 3.05. The van der Waals surface area contributed by atoms with E-state index in [9.17, 15) is 4.39 Å². The molecule has 5 rings (SSSR count). The summed E-state index contributed by atoms with van der Waals surface area (Å²) < 4.78 is 15.8. The molecule has 140 valence electrons. The predicted octanol–water partition coefficient (Wildman–Crippen LogP) is 3.62. The minimum Gasteiger partial charge on any atom is -0.369 e. The van der Waals surface area contributed by atoms with Crippen LogP contribution in [-0.4, -0.2) is 38.9 Å². The van der Waals surface area contributed by atoms with Crippen LogP contribution >= 0.6 is 0 Å². The van der Waals surface area contributed by atoms with Crippen molar-refractivity contribution >= 4 is 17.2 Å². The van der Waals surface area contributed by atoms with Crippen LogP contribution in [0.2, 0.25) is 0 Å². The van der Waals surface area contributed by atoms with Gasteiger partial charge < -0.3 is 10.2 Å². The number of hydrogen-bond acceptors (Lipinski definition) is 5. The number of hydrogen-bond donors (Lipinski definition) is 1. The molecule has 0 saturated carbocycles. The molecule has 7 heteroatoms. The molecule has 1 fully saturated rings. The monoisotopic (exact) mass is 374 g/mol. The largest absolute Gasteiger partial charge is 0.369 e. The number of nitrogens with one attached hydrogen (secondary N) is 1. The van der Waals surface area contributed by atoms with E-state index in [1.807, 2.05) is 18.2 Å². The van der Waals surface area contributed by atoms with Crippen LogP contribution in [0.1, 0.15) is 6.42 Å². The summed E-state index contributed by atoms with van der Waals surface area (Å²) in [4.78, 5) is 2.36. The summed E-state index contributed by atoms with van der Waals surface area (Å²) >= 11 is 0. The standard InChI is InChI=1S/C21H19FN6/c22-18-9-5-4-8-17(18)21-25-24-20-11-10-19(26-28(20)21)23-15-12-13-27(14-15)16-6-2-1-3-7-16/h1-11,15H,12-14H2,(H,23,26). The fraction of sp³-hybridized carbons (Fsp3) is 0.190. The maximum absolute atomic E-state index is 14.2. The zero-order valence-corrected chi connectivity index (χ0v) is 15.2. The Kier molecular flexibility index (Phi) is 4.12. The second-order valence-electron chi connectivity index (χ2n) is 6.90. The van der Waals surface area contributed by atoms with E-state index in [2.05, 4.69) is 49.8 Å². The first-order valence-electron chi connectivity index (χ1n) is 9.32. The summed E-state index contributed by atoms with van der Waals surface area (Å²) in [6.45, 7) is 1.91. The number of halogens is 1. The van der Waals surface area contributed by atoms with Crippen molar-refractivity contribution in [3.63, 3.8) is 0 Å². The van der Waals surface area contributed by atoms with Crippen molar-refractivity contribution in [2.45, 2.75) is 12.5 Å². The highest BCUT2D eigenvalue weighted by molar-refractivity contribution is 5.60. The van der Waals surface area contributed by atoms with Gasteiger partial charge in [0, 0.05) is 24.8 Å². The van der Waals surface area contributed by atoms with Crippen LogP contribution in [-0.2, 0) is 0 Å². The fourth-order valence-corrected chi connectivity index (χ4v) is 3.64. The Balaban J connectivity index is 1.39. The van der Waals surface area contributed by atoms with Gasteiger partial charge in [-0.2, -0.15) is 4.52 Å².